The van der Waals surface area contributed by atoms with Crippen LogP contribution in [0.3, 0.4) is 0 Å². The first kappa shape index (κ1) is 10.6. The molecule has 76 valence electrons. The van der Waals surface area contributed by atoms with Gasteiger partial charge in [0.2, 0.25) is 0 Å². The van der Waals surface area contributed by atoms with Gasteiger partial charge in [0.05, 0.1) is 0 Å². The predicted molar refractivity (Wildman–Crippen MR) is 56.6 cm³/mol. The van der Waals surface area contributed by atoms with Crippen molar-refractivity contribution in [3.63, 3.8) is 0 Å². The second-order valence-corrected chi connectivity index (χ2v) is 3.52. The largest absolute Gasteiger partial charge is 0.480 e. The highest BCUT2D eigenvalue weighted by Crippen LogP contribution is 2.16. The summed E-state index contributed by atoms with van der Waals surface area (Å²) in [5.41, 5.74) is 3.12. The number of hydrogen-bond acceptors (Lipinski definition) is 2. The average molecular weight is 193 g/mol. The van der Waals surface area contributed by atoms with Gasteiger partial charge < -0.3 is 10.4 Å². The number of benzene rings is 1. The Balaban J connectivity index is 2.82. The molecule has 1 atom stereocenters. The summed E-state index contributed by atoms with van der Waals surface area (Å²) in [5.74, 6) is -0.843. The summed E-state index contributed by atoms with van der Waals surface area (Å²) in [6.07, 6.45) is 0. The van der Waals surface area contributed by atoms with Gasteiger partial charge in [-0.1, -0.05) is 17.7 Å². The van der Waals surface area contributed by atoms with Crippen LogP contribution in [0.2, 0.25) is 0 Å². The number of aliphatic carboxylic acids is 1. The Morgan fingerprint density at radius 1 is 1.43 bits per heavy atom. The fourth-order valence-corrected chi connectivity index (χ4v) is 1.27. The number of nitrogens with one attached hydrogen (secondary N) is 1. The quantitative estimate of drug-likeness (QED) is 0.773. The van der Waals surface area contributed by atoms with Crippen molar-refractivity contribution in [1.29, 1.82) is 0 Å². The molecule has 14 heavy (non-hydrogen) atoms. The molecule has 1 rings (SSSR count). The minimum absolute atomic E-state index is 0.559. The summed E-state index contributed by atoms with van der Waals surface area (Å²) in [6.45, 7) is 5.60. The molecule has 0 radical (unpaired) electrons. The Labute approximate surface area is 83.8 Å². The van der Waals surface area contributed by atoms with Crippen molar-refractivity contribution in [1.82, 2.24) is 0 Å². The predicted octanol–water partition coefficient (Wildman–Crippen LogP) is 2.19. The van der Waals surface area contributed by atoms with Gasteiger partial charge in [0.25, 0.3) is 0 Å². The number of aryl methyl sites for hydroxylation is 2. The zero-order chi connectivity index (χ0) is 10.7. The fourth-order valence-electron chi connectivity index (χ4n) is 1.27. The Bertz CT molecular complexity index is 347. The second-order valence-electron chi connectivity index (χ2n) is 3.52. The summed E-state index contributed by atoms with van der Waals surface area (Å²) < 4.78 is 0. The monoisotopic (exact) mass is 193 g/mol. The molecule has 0 heterocycles. The SMILES string of the molecule is Cc1ccc(N[C@@H](C)C(=O)O)c(C)c1. The van der Waals surface area contributed by atoms with Crippen LogP contribution in [0.4, 0.5) is 5.69 Å². The Kier molecular flexibility index (Phi) is 3.12. The third-order valence-electron chi connectivity index (χ3n) is 2.12. The molecule has 0 aliphatic rings. The van der Waals surface area contributed by atoms with Gasteiger partial charge in [0.15, 0.2) is 0 Å². The lowest BCUT2D eigenvalue weighted by Crippen LogP contribution is -2.25. The number of carboxylic acids is 1. The van der Waals surface area contributed by atoms with Crippen molar-refractivity contribution in [3.05, 3.63) is 29.3 Å². The van der Waals surface area contributed by atoms with E-state index in [1.807, 2.05) is 32.0 Å². The van der Waals surface area contributed by atoms with Crippen LogP contribution in [0, 0.1) is 13.8 Å². The minimum Gasteiger partial charge on any atom is -0.480 e. The second kappa shape index (κ2) is 4.13. The van der Waals surface area contributed by atoms with Gasteiger partial charge >= 0.3 is 5.97 Å². The topological polar surface area (TPSA) is 49.3 Å². The van der Waals surface area contributed by atoms with E-state index in [1.165, 1.54) is 5.56 Å². The third kappa shape index (κ3) is 2.49. The molecule has 3 heteroatoms. The van der Waals surface area contributed by atoms with Crippen LogP contribution in [-0.2, 0) is 4.79 Å². The maximum absolute atomic E-state index is 10.6. The van der Waals surface area contributed by atoms with E-state index in [9.17, 15) is 4.79 Å². The number of rotatable bonds is 3. The highest BCUT2D eigenvalue weighted by molar-refractivity contribution is 5.77. The molecule has 0 fully saturated rings. The van der Waals surface area contributed by atoms with Crippen molar-refractivity contribution < 1.29 is 9.90 Å². The molecule has 0 aliphatic carbocycles. The van der Waals surface area contributed by atoms with Crippen LogP contribution in [0.1, 0.15) is 18.1 Å². The molecule has 0 saturated carbocycles. The van der Waals surface area contributed by atoms with Gasteiger partial charge in [-0.3, -0.25) is 4.79 Å². The van der Waals surface area contributed by atoms with Crippen molar-refractivity contribution in [2.75, 3.05) is 5.32 Å². The van der Waals surface area contributed by atoms with Crippen molar-refractivity contribution in [3.8, 4) is 0 Å². The number of anilines is 1. The van der Waals surface area contributed by atoms with Crippen LogP contribution < -0.4 is 5.32 Å². The molecule has 0 bridgehead atoms. The summed E-state index contributed by atoms with van der Waals surface area (Å²) in [7, 11) is 0. The summed E-state index contributed by atoms with van der Waals surface area (Å²) >= 11 is 0. The Morgan fingerprint density at radius 3 is 2.57 bits per heavy atom. The number of carbonyl (C=O) groups is 1. The van der Waals surface area contributed by atoms with Crippen molar-refractivity contribution in [2.45, 2.75) is 26.8 Å². The maximum atomic E-state index is 10.6. The molecule has 1 aromatic carbocycles. The molecule has 0 saturated heterocycles. The average Bonchev–Trinajstić information content (AvgIpc) is 2.09. The molecule has 0 unspecified atom stereocenters. The lowest BCUT2D eigenvalue weighted by molar-refractivity contribution is -0.137. The zero-order valence-corrected chi connectivity index (χ0v) is 8.66. The van der Waals surface area contributed by atoms with Gasteiger partial charge in [-0.15, -0.1) is 0 Å². The van der Waals surface area contributed by atoms with E-state index in [4.69, 9.17) is 5.11 Å². The van der Waals surface area contributed by atoms with E-state index in [1.54, 1.807) is 6.92 Å². The summed E-state index contributed by atoms with van der Waals surface area (Å²) in [6, 6.07) is 5.33. The number of hydrogen-bond donors (Lipinski definition) is 2. The molecule has 0 amide bonds. The normalized spacial score (nSPS) is 12.2. The molecule has 0 aliphatic heterocycles. The Morgan fingerprint density at radius 2 is 2.07 bits per heavy atom. The third-order valence-corrected chi connectivity index (χ3v) is 2.12. The highest BCUT2D eigenvalue weighted by Gasteiger charge is 2.10. The van der Waals surface area contributed by atoms with E-state index in [0.717, 1.165) is 11.3 Å². The summed E-state index contributed by atoms with van der Waals surface area (Å²) in [5, 5.41) is 11.7. The van der Waals surface area contributed by atoms with E-state index in [0.29, 0.717) is 0 Å². The van der Waals surface area contributed by atoms with E-state index >= 15 is 0 Å². The van der Waals surface area contributed by atoms with Gasteiger partial charge in [0.1, 0.15) is 6.04 Å². The zero-order valence-electron chi connectivity index (χ0n) is 8.66. The first-order chi connectivity index (χ1) is 6.50. The lowest BCUT2D eigenvalue weighted by Gasteiger charge is -2.13. The van der Waals surface area contributed by atoms with Crippen LogP contribution in [-0.4, -0.2) is 17.1 Å². The van der Waals surface area contributed by atoms with Crippen LogP contribution in [0.15, 0.2) is 18.2 Å². The molecule has 2 N–H and O–H groups in total. The standard InChI is InChI=1S/C11H15NO2/c1-7-4-5-10(8(2)6-7)12-9(3)11(13)14/h4-6,9,12H,1-3H3,(H,13,14)/t9-/m0/s1. The lowest BCUT2D eigenvalue weighted by atomic mass is 10.1. The molecule has 0 aromatic heterocycles. The van der Waals surface area contributed by atoms with Gasteiger partial charge in [-0.05, 0) is 32.4 Å². The van der Waals surface area contributed by atoms with Gasteiger partial charge in [-0.2, -0.15) is 0 Å². The first-order valence-electron chi connectivity index (χ1n) is 4.57. The highest BCUT2D eigenvalue weighted by atomic mass is 16.4. The molecule has 0 spiro atoms. The first-order valence-corrected chi connectivity index (χ1v) is 4.57. The molecular weight excluding hydrogens is 178 g/mol. The Hall–Kier alpha value is -1.51. The fraction of sp³-hybridized carbons (Fsp3) is 0.364. The van der Waals surface area contributed by atoms with E-state index in [-0.39, 0.29) is 0 Å². The van der Waals surface area contributed by atoms with Crippen molar-refractivity contribution >= 4 is 11.7 Å². The van der Waals surface area contributed by atoms with Crippen molar-refractivity contribution in [2.24, 2.45) is 0 Å². The molecule has 1 aromatic rings. The van der Waals surface area contributed by atoms with Crippen LogP contribution in [0.25, 0.3) is 0 Å². The van der Waals surface area contributed by atoms with Gasteiger partial charge in [-0.25, -0.2) is 0 Å². The number of carboxylic acid groups (broad SMARTS) is 1. The molecule has 3 nitrogen and oxygen atoms in total. The minimum atomic E-state index is -0.843. The van der Waals surface area contributed by atoms with Gasteiger partial charge in [0, 0.05) is 5.69 Å². The summed E-state index contributed by atoms with van der Waals surface area (Å²) in [4.78, 5) is 10.6. The van der Waals surface area contributed by atoms with Crippen LogP contribution >= 0.6 is 0 Å². The molecular formula is C11H15NO2. The smallest absolute Gasteiger partial charge is 0.325 e. The maximum Gasteiger partial charge on any atom is 0.325 e. The van der Waals surface area contributed by atoms with E-state index < -0.39 is 12.0 Å². The van der Waals surface area contributed by atoms with Crippen LogP contribution in [0.5, 0.6) is 0 Å². The van der Waals surface area contributed by atoms with E-state index in [2.05, 4.69) is 5.32 Å².